The Morgan fingerprint density at radius 3 is 2.78 bits per heavy atom. The van der Waals surface area contributed by atoms with Gasteiger partial charge in [-0.05, 0) is 13.3 Å². The third-order valence-corrected chi connectivity index (χ3v) is 2.50. The minimum atomic E-state index is -1.01. The van der Waals surface area contributed by atoms with Crippen molar-refractivity contribution >= 4 is 11.9 Å². The van der Waals surface area contributed by atoms with Crippen molar-refractivity contribution in [2.45, 2.75) is 45.6 Å². The van der Waals surface area contributed by atoms with Crippen LogP contribution in [-0.4, -0.2) is 28.2 Å². The second-order valence-electron chi connectivity index (χ2n) is 4.21. The highest BCUT2D eigenvalue weighted by atomic mass is 16.5. The molecule has 0 spiro atoms. The van der Waals surface area contributed by atoms with E-state index in [2.05, 4.69) is 10.5 Å². The average molecular weight is 254 g/mol. The van der Waals surface area contributed by atoms with E-state index in [1.165, 1.54) is 0 Å². The van der Waals surface area contributed by atoms with Crippen LogP contribution in [0, 0.1) is 6.92 Å². The molecule has 1 atom stereocenters. The largest absolute Gasteiger partial charge is 0.480 e. The smallest absolute Gasteiger partial charge is 0.326 e. The Morgan fingerprint density at radius 1 is 1.56 bits per heavy atom. The fourth-order valence-electron chi connectivity index (χ4n) is 1.58. The third kappa shape index (κ3) is 4.57. The zero-order chi connectivity index (χ0) is 13.5. The molecule has 100 valence electrons. The summed E-state index contributed by atoms with van der Waals surface area (Å²) in [5.74, 6) is -0.737. The minimum absolute atomic E-state index is 0.0350. The zero-order valence-corrected chi connectivity index (χ0v) is 10.6. The molecule has 0 aliphatic carbocycles. The van der Waals surface area contributed by atoms with E-state index in [9.17, 15) is 9.59 Å². The van der Waals surface area contributed by atoms with Crippen LogP contribution in [0.2, 0.25) is 0 Å². The van der Waals surface area contributed by atoms with Crippen LogP contribution in [0.3, 0.4) is 0 Å². The molecule has 1 amide bonds. The predicted octanol–water partition coefficient (Wildman–Crippen LogP) is 1.29. The standard InChI is InChI=1S/C12H18N2O4/c1-3-4-5-10(12(16)17)13-11(15)7-9-6-8(2)18-14-9/h6,10H,3-5,7H2,1-2H3,(H,13,15)(H,16,17). The number of hydrogen-bond donors (Lipinski definition) is 2. The molecule has 6 nitrogen and oxygen atoms in total. The summed E-state index contributed by atoms with van der Waals surface area (Å²) in [7, 11) is 0. The number of nitrogens with zero attached hydrogens (tertiary/aromatic N) is 1. The van der Waals surface area contributed by atoms with Gasteiger partial charge in [0.15, 0.2) is 0 Å². The molecule has 0 aliphatic heterocycles. The Hall–Kier alpha value is -1.85. The van der Waals surface area contributed by atoms with Gasteiger partial charge in [-0.2, -0.15) is 0 Å². The fourth-order valence-corrected chi connectivity index (χ4v) is 1.58. The van der Waals surface area contributed by atoms with Gasteiger partial charge in [-0.25, -0.2) is 4.79 Å². The maximum atomic E-state index is 11.6. The third-order valence-electron chi connectivity index (χ3n) is 2.50. The van der Waals surface area contributed by atoms with Crippen LogP contribution in [0.4, 0.5) is 0 Å². The summed E-state index contributed by atoms with van der Waals surface area (Å²) in [5, 5.41) is 15.1. The van der Waals surface area contributed by atoms with Crippen molar-refractivity contribution < 1.29 is 19.2 Å². The van der Waals surface area contributed by atoms with Gasteiger partial charge in [-0.15, -0.1) is 0 Å². The molecule has 0 radical (unpaired) electrons. The SMILES string of the molecule is CCCCC(NC(=O)Cc1cc(C)on1)C(=O)O. The topological polar surface area (TPSA) is 92.4 Å². The first kappa shape index (κ1) is 14.2. The highest BCUT2D eigenvalue weighted by Gasteiger charge is 2.19. The van der Waals surface area contributed by atoms with Crippen molar-refractivity contribution in [3.63, 3.8) is 0 Å². The summed E-state index contributed by atoms with van der Waals surface area (Å²) in [6.07, 6.45) is 2.13. The molecular weight excluding hydrogens is 236 g/mol. The molecule has 1 heterocycles. The van der Waals surface area contributed by atoms with Crippen LogP contribution in [0.1, 0.15) is 37.6 Å². The van der Waals surface area contributed by atoms with Gasteiger partial charge in [0, 0.05) is 6.07 Å². The van der Waals surface area contributed by atoms with E-state index in [-0.39, 0.29) is 12.3 Å². The number of rotatable bonds is 7. The molecule has 1 aromatic rings. The van der Waals surface area contributed by atoms with Gasteiger partial charge in [0.05, 0.1) is 12.1 Å². The Morgan fingerprint density at radius 2 is 2.28 bits per heavy atom. The lowest BCUT2D eigenvalue weighted by atomic mass is 10.1. The van der Waals surface area contributed by atoms with Crippen LogP contribution < -0.4 is 5.32 Å². The number of carboxylic acid groups (broad SMARTS) is 1. The molecular formula is C12H18N2O4. The zero-order valence-electron chi connectivity index (χ0n) is 10.6. The summed E-state index contributed by atoms with van der Waals surface area (Å²) in [4.78, 5) is 22.6. The summed E-state index contributed by atoms with van der Waals surface area (Å²) in [6, 6.07) is 0.826. The Bertz CT molecular complexity index is 414. The number of carboxylic acids is 1. The fraction of sp³-hybridized carbons (Fsp3) is 0.583. The molecule has 2 N–H and O–H groups in total. The van der Waals surface area contributed by atoms with E-state index >= 15 is 0 Å². The summed E-state index contributed by atoms with van der Waals surface area (Å²) in [6.45, 7) is 3.70. The Kier molecular flexibility index (Phi) is 5.35. The van der Waals surface area contributed by atoms with E-state index in [1.54, 1.807) is 13.0 Å². The van der Waals surface area contributed by atoms with E-state index in [0.717, 1.165) is 12.8 Å². The lowest BCUT2D eigenvalue weighted by Crippen LogP contribution is -2.41. The van der Waals surface area contributed by atoms with Crippen molar-refractivity contribution in [2.24, 2.45) is 0 Å². The molecule has 0 aliphatic rings. The van der Waals surface area contributed by atoms with Crippen molar-refractivity contribution in [3.05, 3.63) is 17.5 Å². The second-order valence-corrected chi connectivity index (χ2v) is 4.21. The first-order chi connectivity index (χ1) is 8.52. The lowest BCUT2D eigenvalue weighted by molar-refractivity contribution is -0.142. The van der Waals surface area contributed by atoms with Crippen molar-refractivity contribution in [1.82, 2.24) is 10.5 Å². The molecule has 0 saturated carbocycles. The van der Waals surface area contributed by atoms with Gasteiger partial charge in [0.25, 0.3) is 0 Å². The molecule has 6 heteroatoms. The van der Waals surface area contributed by atoms with Gasteiger partial charge in [0.1, 0.15) is 11.8 Å². The molecule has 0 aromatic carbocycles. The summed E-state index contributed by atoms with van der Waals surface area (Å²) < 4.78 is 4.84. The highest BCUT2D eigenvalue weighted by molar-refractivity contribution is 5.84. The van der Waals surface area contributed by atoms with E-state index < -0.39 is 12.0 Å². The maximum Gasteiger partial charge on any atom is 0.326 e. The number of hydrogen-bond acceptors (Lipinski definition) is 4. The first-order valence-electron chi connectivity index (χ1n) is 5.97. The highest BCUT2D eigenvalue weighted by Crippen LogP contribution is 2.04. The molecule has 18 heavy (non-hydrogen) atoms. The first-order valence-corrected chi connectivity index (χ1v) is 5.97. The minimum Gasteiger partial charge on any atom is -0.480 e. The van der Waals surface area contributed by atoms with Gasteiger partial charge >= 0.3 is 5.97 Å². The van der Waals surface area contributed by atoms with Crippen molar-refractivity contribution in [2.75, 3.05) is 0 Å². The number of aryl methyl sites for hydroxylation is 1. The molecule has 0 saturated heterocycles. The van der Waals surface area contributed by atoms with Gasteiger partial charge < -0.3 is 14.9 Å². The maximum absolute atomic E-state index is 11.6. The van der Waals surface area contributed by atoms with E-state index in [1.807, 2.05) is 6.92 Å². The Balaban J connectivity index is 2.48. The number of unbranched alkanes of at least 4 members (excludes halogenated alkanes) is 1. The van der Waals surface area contributed by atoms with Crippen LogP contribution >= 0.6 is 0 Å². The van der Waals surface area contributed by atoms with E-state index in [0.29, 0.717) is 17.9 Å². The normalized spacial score (nSPS) is 12.1. The van der Waals surface area contributed by atoms with Gasteiger partial charge in [-0.1, -0.05) is 24.9 Å². The van der Waals surface area contributed by atoms with Crippen LogP contribution in [0.5, 0.6) is 0 Å². The molecule has 0 bridgehead atoms. The van der Waals surface area contributed by atoms with Crippen LogP contribution in [0.25, 0.3) is 0 Å². The number of carbonyl (C=O) groups is 2. The quantitative estimate of drug-likeness (QED) is 0.764. The van der Waals surface area contributed by atoms with Crippen molar-refractivity contribution in [1.29, 1.82) is 0 Å². The number of aromatic nitrogens is 1. The Labute approximate surface area is 105 Å². The number of aliphatic carboxylic acids is 1. The summed E-state index contributed by atoms with van der Waals surface area (Å²) in [5.41, 5.74) is 0.504. The lowest BCUT2D eigenvalue weighted by Gasteiger charge is -2.13. The monoisotopic (exact) mass is 254 g/mol. The van der Waals surface area contributed by atoms with E-state index in [4.69, 9.17) is 9.63 Å². The number of carbonyl (C=O) groups excluding carboxylic acids is 1. The average Bonchev–Trinajstić information content (AvgIpc) is 2.69. The van der Waals surface area contributed by atoms with Gasteiger partial charge in [0.2, 0.25) is 5.91 Å². The van der Waals surface area contributed by atoms with Crippen molar-refractivity contribution in [3.8, 4) is 0 Å². The molecule has 0 fully saturated rings. The van der Waals surface area contributed by atoms with Gasteiger partial charge in [-0.3, -0.25) is 4.79 Å². The summed E-state index contributed by atoms with van der Waals surface area (Å²) >= 11 is 0. The second kappa shape index (κ2) is 6.78. The number of amides is 1. The molecule has 1 aromatic heterocycles. The predicted molar refractivity (Wildman–Crippen MR) is 64.0 cm³/mol. The van der Waals surface area contributed by atoms with Crippen LogP contribution in [-0.2, 0) is 16.0 Å². The van der Waals surface area contributed by atoms with Crippen LogP contribution in [0.15, 0.2) is 10.6 Å². The molecule has 1 unspecified atom stereocenters. The number of nitrogens with one attached hydrogen (secondary N) is 1. The molecule has 1 rings (SSSR count).